The maximum atomic E-state index is 13.1. The van der Waals surface area contributed by atoms with Gasteiger partial charge in [-0.3, -0.25) is 4.79 Å². The third-order valence-corrected chi connectivity index (χ3v) is 4.67. The van der Waals surface area contributed by atoms with Crippen LogP contribution in [-0.2, 0) is 6.42 Å². The van der Waals surface area contributed by atoms with E-state index in [9.17, 15) is 4.79 Å². The van der Waals surface area contributed by atoms with Gasteiger partial charge < -0.3 is 19.5 Å². The molecule has 0 bridgehead atoms. The van der Waals surface area contributed by atoms with Crippen molar-refractivity contribution in [3.05, 3.63) is 83.4 Å². The average Bonchev–Trinajstić information content (AvgIpc) is 2.78. The molecule has 162 valence electrons. The van der Waals surface area contributed by atoms with Crippen molar-refractivity contribution in [2.24, 2.45) is 0 Å². The number of ether oxygens (including phenoxy) is 3. The molecule has 3 aromatic rings. The molecule has 0 spiro atoms. The second kappa shape index (κ2) is 11.1. The number of rotatable bonds is 10. The maximum absolute atomic E-state index is 13.1. The minimum Gasteiger partial charge on any atom is -0.490 e. The van der Waals surface area contributed by atoms with Crippen molar-refractivity contribution in [2.75, 3.05) is 25.1 Å². The van der Waals surface area contributed by atoms with Gasteiger partial charge in [0.1, 0.15) is 0 Å². The average molecular weight is 420 g/mol. The number of hydrogen-bond donors (Lipinski definition) is 1. The van der Waals surface area contributed by atoms with Gasteiger partial charge in [-0.05, 0) is 56.5 Å². The number of carbonyl (C=O) groups is 1. The van der Waals surface area contributed by atoms with Crippen LogP contribution in [0, 0.1) is 0 Å². The van der Waals surface area contributed by atoms with Gasteiger partial charge in [0, 0.05) is 11.3 Å². The van der Waals surface area contributed by atoms with Gasteiger partial charge in [-0.15, -0.1) is 0 Å². The first-order valence-electron chi connectivity index (χ1n) is 10.7. The van der Waals surface area contributed by atoms with Crippen LogP contribution in [-0.4, -0.2) is 25.7 Å². The fourth-order valence-electron chi connectivity index (χ4n) is 3.33. The largest absolute Gasteiger partial charge is 0.490 e. The van der Waals surface area contributed by atoms with Gasteiger partial charge in [0.25, 0.3) is 5.91 Å². The number of hydrogen-bond acceptors (Lipinski definition) is 4. The van der Waals surface area contributed by atoms with Crippen LogP contribution in [0.15, 0.2) is 66.7 Å². The highest BCUT2D eigenvalue weighted by Crippen LogP contribution is 2.39. The van der Waals surface area contributed by atoms with Gasteiger partial charge in [0.05, 0.1) is 19.8 Å². The first-order chi connectivity index (χ1) is 15.2. The van der Waals surface area contributed by atoms with Crippen molar-refractivity contribution in [3.8, 4) is 17.2 Å². The van der Waals surface area contributed by atoms with Crippen LogP contribution in [0.25, 0.3) is 0 Å². The van der Waals surface area contributed by atoms with E-state index < -0.39 is 0 Å². The first-order valence-corrected chi connectivity index (χ1v) is 10.7. The Bertz CT molecular complexity index is 974. The quantitative estimate of drug-likeness (QED) is 0.456. The van der Waals surface area contributed by atoms with E-state index >= 15 is 0 Å². The Labute approximate surface area is 184 Å². The number of para-hydroxylation sites is 1. The van der Waals surface area contributed by atoms with Gasteiger partial charge in [-0.2, -0.15) is 0 Å². The number of carbonyl (C=O) groups excluding carboxylic acids is 1. The minimum atomic E-state index is -0.231. The van der Waals surface area contributed by atoms with Crippen molar-refractivity contribution < 1.29 is 19.0 Å². The molecule has 0 aliphatic rings. The SMILES string of the molecule is CCOc1cc(C(=O)Nc2ccccc2Cc2ccccc2)cc(OCC)c1OCC. The van der Waals surface area contributed by atoms with Crippen LogP contribution >= 0.6 is 0 Å². The van der Waals surface area contributed by atoms with E-state index in [1.807, 2.05) is 63.2 Å². The van der Waals surface area contributed by atoms with E-state index in [0.29, 0.717) is 42.6 Å². The summed E-state index contributed by atoms with van der Waals surface area (Å²) in [7, 11) is 0. The summed E-state index contributed by atoms with van der Waals surface area (Å²) in [5.41, 5.74) is 3.46. The summed E-state index contributed by atoms with van der Waals surface area (Å²) in [4.78, 5) is 13.1. The highest BCUT2D eigenvalue weighted by molar-refractivity contribution is 6.05. The molecule has 0 saturated heterocycles. The highest BCUT2D eigenvalue weighted by atomic mass is 16.5. The molecule has 0 unspecified atom stereocenters. The second-order valence-electron chi connectivity index (χ2n) is 6.87. The lowest BCUT2D eigenvalue weighted by Crippen LogP contribution is -2.14. The number of benzene rings is 3. The summed E-state index contributed by atoms with van der Waals surface area (Å²) in [6, 6.07) is 21.4. The van der Waals surface area contributed by atoms with Crippen LogP contribution in [0.5, 0.6) is 17.2 Å². The smallest absolute Gasteiger partial charge is 0.255 e. The monoisotopic (exact) mass is 419 g/mol. The molecule has 5 heteroatoms. The van der Waals surface area contributed by atoms with Gasteiger partial charge in [0.15, 0.2) is 11.5 Å². The summed E-state index contributed by atoms with van der Waals surface area (Å²) in [6.45, 7) is 7.06. The predicted octanol–water partition coefficient (Wildman–Crippen LogP) is 5.73. The Hall–Kier alpha value is -3.47. The second-order valence-corrected chi connectivity index (χ2v) is 6.87. The summed E-state index contributed by atoms with van der Waals surface area (Å²) in [6.07, 6.45) is 0.731. The number of amides is 1. The lowest BCUT2D eigenvalue weighted by Gasteiger charge is -2.17. The Morgan fingerprint density at radius 2 is 1.35 bits per heavy atom. The Balaban J connectivity index is 1.90. The van der Waals surface area contributed by atoms with Gasteiger partial charge in [0.2, 0.25) is 5.75 Å². The predicted molar refractivity (Wildman–Crippen MR) is 124 cm³/mol. The Morgan fingerprint density at radius 3 is 1.97 bits per heavy atom. The lowest BCUT2D eigenvalue weighted by atomic mass is 10.0. The van der Waals surface area contributed by atoms with Crippen molar-refractivity contribution >= 4 is 11.6 Å². The van der Waals surface area contributed by atoms with Gasteiger partial charge >= 0.3 is 0 Å². The fraction of sp³-hybridized carbons (Fsp3) is 0.269. The minimum absolute atomic E-state index is 0.231. The molecule has 0 heterocycles. The van der Waals surface area contributed by atoms with Crippen molar-refractivity contribution in [2.45, 2.75) is 27.2 Å². The molecule has 0 aromatic heterocycles. The molecular weight excluding hydrogens is 390 g/mol. The van der Waals surface area contributed by atoms with E-state index in [2.05, 4.69) is 17.4 Å². The zero-order chi connectivity index (χ0) is 22.1. The van der Waals surface area contributed by atoms with Crippen LogP contribution < -0.4 is 19.5 Å². The lowest BCUT2D eigenvalue weighted by molar-refractivity contribution is 0.102. The van der Waals surface area contributed by atoms with Gasteiger partial charge in [-0.1, -0.05) is 48.5 Å². The van der Waals surface area contributed by atoms with E-state index in [4.69, 9.17) is 14.2 Å². The van der Waals surface area contributed by atoms with Crippen LogP contribution in [0.3, 0.4) is 0 Å². The molecule has 0 aliphatic carbocycles. The molecule has 0 fully saturated rings. The Morgan fingerprint density at radius 1 is 0.774 bits per heavy atom. The molecule has 1 amide bonds. The molecule has 1 N–H and O–H groups in total. The van der Waals surface area contributed by atoms with Crippen LogP contribution in [0.1, 0.15) is 42.3 Å². The highest BCUT2D eigenvalue weighted by Gasteiger charge is 2.19. The molecule has 5 nitrogen and oxygen atoms in total. The molecule has 0 aliphatic heterocycles. The van der Waals surface area contributed by atoms with E-state index in [1.54, 1.807) is 12.1 Å². The molecule has 0 radical (unpaired) electrons. The summed E-state index contributed by atoms with van der Waals surface area (Å²) >= 11 is 0. The summed E-state index contributed by atoms with van der Waals surface area (Å²) < 4.78 is 17.2. The molecular formula is C26H29NO4. The maximum Gasteiger partial charge on any atom is 0.255 e. The molecule has 0 saturated carbocycles. The Kier molecular flexibility index (Phi) is 7.93. The van der Waals surface area contributed by atoms with Gasteiger partial charge in [-0.25, -0.2) is 0 Å². The standard InChI is InChI=1S/C26H29NO4/c1-4-29-23-17-21(18-24(30-5-2)25(23)31-6-3)26(28)27-22-15-11-10-14-20(22)16-19-12-8-7-9-13-19/h7-15,17-18H,4-6,16H2,1-3H3,(H,27,28). The molecule has 3 aromatic carbocycles. The fourth-order valence-corrected chi connectivity index (χ4v) is 3.33. The zero-order valence-electron chi connectivity index (χ0n) is 18.3. The van der Waals surface area contributed by atoms with Crippen LogP contribution in [0.4, 0.5) is 5.69 Å². The van der Waals surface area contributed by atoms with E-state index in [0.717, 1.165) is 17.7 Å². The third-order valence-electron chi connectivity index (χ3n) is 4.67. The third kappa shape index (κ3) is 5.79. The van der Waals surface area contributed by atoms with E-state index in [-0.39, 0.29) is 5.91 Å². The first kappa shape index (κ1) is 22.2. The molecule has 0 atom stereocenters. The molecule has 3 rings (SSSR count). The number of nitrogens with one attached hydrogen (secondary N) is 1. The number of anilines is 1. The summed E-state index contributed by atoms with van der Waals surface area (Å²) in [5, 5.41) is 3.05. The van der Waals surface area contributed by atoms with Crippen molar-refractivity contribution in [3.63, 3.8) is 0 Å². The topological polar surface area (TPSA) is 56.8 Å². The normalized spacial score (nSPS) is 10.4. The summed E-state index contributed by atoms with van der Waals surface area (Å²) in [5.74, 6) is 1.29. The van der Waals surface area contributed by atoms with Crippen molar-refractivity contribution in [1.29, 1.82) is 0 Å². The zero-order valence-corrected chi connectivity index (χ0v) is 18.3. The molecule has 31 heavy (non-hydrogen) atoms. The van der Waals surface area contributed by atoms with Crippen molar-refractivity contribution in [1.82, 2.24) is 0 Å². The van der Waals surface area contributed by atoms with E-state index in [1.165, 1.54) is 5.56 Å². The van der Waals surface area contributed by atoms with Crippen LogP contribution in [0.2, 0.25) is 0 Å².